The SMILES string of the molecule is CCCC(=O)c1ccc(-n2cnc3c(NCC4CCOCC4)cc(Oc4ccc(O)cc4F)cc32)cc1C. The molecular formula is C30H32FN3O4. The molecule has 8 heteroatoms. The predicted molar refractivity (Wildman–Crippen MR) is 145 cm³/mol. The van der Waals surface area contributed by atoms with Gasteiger partial charge in [0.2, 0.25) is 0 Å². The van der Waals surface area contributed by atoms with Crippen LogP contribution in [0.2, 0.25) is 0 Å². The van der Waals surface area contributed by atoms with Crippen molar-refractivity contribution in [2.24, 2.45) is 5.92 Å². The molecule has 0 radical (unpaired) electrons. The molecule has 5 rings (SSSR count). The molecule has 38 heavy (non-hydrogen) atoms. The molecule has 0 atom stereocenters. The Bertz CT molecular complexity index is 1460. The normalized spacial score (nSPS) is 14.1. The molecule has 198 valence electrons. The van der Waals surface area contributed by atoms with Gasteiger partial charge in [0.05, 0.1) is 11.2 Å². The third kappa shape index (κ3) is 5.50. The number of carbonyl (C=O) groups is 1. The molecular weight excluding hydrogens is 485 g/mol. The fraction of sp³-hybridized carbons (Fsp3) is 0.333. The van der Waals surface area contributed by atoms with Crippen molar-refractivity contribution in [3.8, 4) is 22.9 Å². The number of rotatable bonds is 9. The molecule has 0 aliphatic carbocycles. The number of aryl methyl sites for hydroxylation is 1. The summed E-state index contributed by atoms with van der Waals surface area (Å²) in [6, 6.07) is 13.2. The van der Waals surface area contributed by atoms with Crippen LogP contribution in [0.1, 0.15) is 48.5 Å². The largest absolute Gasteiger partial charge is 0.508 e. The summed E-state index contributed by atoms with van der Waals surface area (Å²) in [7, 11) is 0. The van der Waals surface area contributed by atoms with Crippen LogP contribution in [-0.4, -0.2) is 40.2 Å². The van der Waals surface area contributed by atoms with E-state index in [0.717, 1.165) is 78.6 Å². The summed E-state index contributed by atoms with van der Waals surface area (Å²) in [5.74, 6) is 0.244. The van der Waals surface area contributed by atoms with E-state index in [2.05, 4.69) is 5.32 Å². The quantitative estimate of drug-likeness (QED) is 0.238. The first-order valence-electron chi connectivity index (χ1n) is 13.1. The van der Waals surface area contributed by atoms with Gasteiger partial charge < -0.3 is 19.9 Å². The second-order valence-electron chi connectivity index (χ2n) is 9.78. The highest BCUT2D eigenvalue weighted by molar-refractivity contribution is 5.98. The molecule has 7 nitrogen and oxygen atoms in total. The third-order valence-electron chi connectivity index (χ3n) is 6.96. The number of phenols is 1. The van der Waals surface area contributed by atoms with Crippen LogP contribution in [0.15, 0.2) is 54.9 Å². The zero-order chi connectivity index (χ0) is 26.6. The highest BCUT2D eigenvalue weighted by Crippen LogP contribution is 2.35. The number of aromatic nitrogens is 2. The molecule has 4 aromatic rings. The van der Waals surface area contributed by atoms with Gasteiger partial charge in [-0.15, -0.1) is 0 Å². The van der Waals surface area contributed by atoms with Crippen molar-refractivity contribution in [2.75, 3.05) is 25.1 Å². The van der Waals surface area contributed by atoms with Gasteiger partial charge in [0.1, 0.15) is 23.3 Å². The van der Waals surface area contributed by atoms with Gasteiger partial charge in [-0.1, -0.05) is 6.92 Å². The molecule has 1 saturated heterocycles. The Labute approximate surface area is 221 Å². The van der Waals surface area contributed by atoms with Gasteiger partial charge in [0.25, 0.3) is 0 Å². The Balaban J connectivity index is 1.53. The van der Waals surface area contributed by atoms with Crippen molar-refractivity contribution in [1.29, 1.82) is 0 Å². The Morgan fingerprint density at radius 1 is 1.18 bits per heavy atom. The molecule has 0 bridgehead atoms. The molecule has 1 aromatic heterocycles. The third-order valence-corrected chi connectivity index (χ3v) is 6.96. The number of phenolic OH excluding ortho intramolecular Hbond substituents is 1. The minimum Gasteiger partial charge on any atom is -0.508 e. The number of hydrogen-bond acceptors (Lipinski definition) is 6. The summed E-state index contributed by atoms with van der Waals surface area (Å²) in [6.07, 6.45) is 5.05. The average molecular weight is 518 g/mol. The lowest BCUT2D eigenvalue weighted by Gasteiger charge is -2.23. The zero-order valence-electron chi connectivity index (χ0n) is 21.7. The van der Waals surface area contributed by atoms with Crippen LogP contribution in [0.3, 0.4) is 0 Å². The first kappa shape index (κ1) is 25.7. The summed E-state index contributed by atoms with van der Waals surface area (Å²) in [6.45, 7) is 6.21. The predicted octanol–water partition coefficient (Wildman–Crippen LogP) is 6.79. The Morgan fingerprint density at radius 2 is 2.00 bits per heavy atom. The van der Waals surface area contributed by atoms with Crippen LogP contribution in [0, 0.1) is 18.7 Å². The number of ketones is 1. The zero-order valence-corrected chi connectivity index (χ0v) is 21.7. The van der Waals surface area contributed by atoms with E-state index in [1.54, 1.807) is 6.33 Å². The van der Waals surface area contributed by atoms with Crippen molar-refractivity contribution in [3.05, 3.63) is 71.8 Å². The van der Waals surface area contributed by atoms with Crippen molar-refractivity contribution in [2.45, 2.75) is 39.5 Å². The van der Waals surface area contributed by atoms with Gasteiger partial charge in [-0.2, -0.15) is 0 Å². The number of aromatic hydroxyl groups is 1. The van der Waals surface area contributed by atoms with Crippen molar-refractivity contribution >= 4 is 22.5 Å². The molecule has 3 aromatic carbocycles. The summed E-state index contributed by atoms with van der Waals surface area (Å²) < 4.78 is 27.8. The number of Topliss-reactive ketones (excluding diaryl/α,β-unsaturated/α-hetero) is 1. The number of benzene rings is 3. The lowest BCUT2D eigenvalue weighted by atomic mass is 10.0. The number of hydrogen-bond donors (Lipinski definition) is 2. The topological polar surface area (TPSA) is 85.6 Å². The molecule has 2 N–H and O–H groups in total. The number of halogens is 1. The summed E-state index contributed by atoms with van der Waals surface area (Å²) in [4.78, 5) is 17.2. The fourth-order valence-corrected chi connectivity index (χ4v) is 4.87. The van der Waals surface area contributed by atoms with Gasteiger partial charge in [-0.25, -0.2) is 9.37 Å². The maximum absolute atomic E-state index is 14.5. The highest BCUT2D eigenvalue weighted by atomic mass is 19.1. The van der Waals surface area contributed by atoms with Gasteiger partial charge >= 0.3 is 0 Å². The van der Waals surface area contributed by atoms with Crippen molar-refractivity contribution in [1.82, 2.24) is 9.55 Å². The molecule has 0 amide bonds. The maximum atomic E-state index is 14.5. The van der Waals surface area contributed by atoms with Gasteiger partial charge in [-0.05, 0) is 68.0 Å². The van der Waals surface area contributed by atoms with Crippen molar-refractivity contribution < 1.29 is 23.8 Å². The Morgan fingerprint density at radius 3 is 2.74 bits per heavy atom. The fourth-order valence-electron chi connectivity index (χ4n) is 4.87. The van der Waals surface area contributed by atoms with E-state index in [1.807, 2.05) is 48.7 Å². The van der Waals surface area contributed by atoms with Crippen LogP contribution in [0.5, 0.6) is 17.2 Å². The molecule has 1 fully saturated rings. The lowest BCUT2D eigenvalue weighted by Crippen LogP contribution is -2.22. The first-order chi connectivity index (χ1) is 18.4. The first-order valence-corrected chi connectivity index (χ1v) is 13.1. The van der Waals surface area contributed by atoms with Crippen LogP contribution in [0.25, 0.3) is 16.7 Å². The second kappa shape index (κ2) is 11.2. The van der Waals surface area contributed by atoms with E-state index < -0.39 is 5.82 Å². The minimum atomic E-state index is -0.654. The van der Waals surface area contributed by atoms with E-state index in [9.17, 15) is 14.3 Å². The number of nitrogens with one attached hydrogen (secondary N) is 1. The van der Waals surface area contributed by atoms with E-state index in [-0.39, 0.29) is 17.3 Å². The average Bonchev–Trinajstić information content (AvgIpc) is 3.34. The Kier molecular flexibility index (Phi) is 7.60. The number of imidazole rings is 1. The standard InChI is InChI=1S/C30H32FN3O4/c1-3-4-28(36)24-7-5-21(13-19(24)2)34-18-33-30-26(32-17-20-9-11-37-12-10-20)15-23(16-27(30)34)38-29-8-6-22(35)14-25(29)31/h5-8,13-16,18,20,32,35H,3-4,9-12,17H2,1-2H3. The van der Waals surface area contributed by atoms with E-state index >= 15 is 0 Å². The molecule has 0 spiro atoms. The maximum Gasteiger partial charge on any atom is 0.169 e. The van der Waals surface area contributed by atoms with Gasteiger partial charge in [-0.3, -0.25) is 9.36 Å². The summed E-state index contributed by atoms with van der Waals surface area (Å²) in [5, 5.41) is 13.1. The summed E-state index contributed by atoms with van der Waals surface area (Å²) >= 11 is 0. The summed E-state index contributed by atoms with van der Waals surface area (Å²) in [5.41, 5.74) is 4.82. The molecule has 0 saturated carbocycles. The monoisotopic (exact) mass is 517 g/mol. The second-order valence-corrected chi connectivity index (χ2v) is 9.78. The van der Waals surface area contributed by atoms with Crippen LogP contribution in [-0.2, 0) is 4.74 Å². The van der Waals surface area contributed by atoms with Gasteiger partial charge in [0.15, 0.2) is 17.3 Å². The van der Waals surface area contributed by atoms with Crippen LogP contribution >= 0.6 is 0 Å². The van der Waals surface area contributed by atoms with E-state index in [4.69, 9.17) is 14.5 Å². The van der Waals surface area contributed by atoms with Crippen LogP contribution < -0.4 is 10.1 Å². The van der Waals surface area contributed by atoms with E-state index in [1.165, 1.54) is 12.1 Å². The van der Waals surface area contributed by atoms with Crippen LogP contribution in [0.4, 0.5) is 10.1 Å². The molecule has 2 heterocycles. The molecule has 1 aliphatic heterocycles. The lowest BCUT2D eigenvalue weighted by molar-refractivity contribution is 0.0699. The highest BCUT2D eigenvalue weighted by Gasteiger charge is 2.18. The minimum absolute atomic E-state index is 0.0122. The molecule has 0 unspecified atom stereocenters. The van der Waals surface area contributed by atoms with E-state index in [0.29, 0.717) is 18.1 Å². The number of fused-ring (bicyclic) bond motifs is 1. The number of nitrogens with zero attached hydrogens (tertiary/aromatic N) is 2. The van der Waals surface area contributed by atoms with Crippen molar-refractivity contribution in [3.63, 3.8) is 0 Å². The number of carbonyl (C=O) groups excluding carboxylic acids is 1. The smallest absolute Gasteiger partial charge is 0.169 e. The van der Waals surface area contributed by atoms with Gasteiger partial charge in [0, 0.05) is 55.6 Å². The number of ether oxygens (including phenoxy) is 2. The Hall–Kier alpha value is -3.91. The number of anilines is 1. The molecule has 1 aliphatic rings.